The smallest absolute Gasteiger partial charge is 0.251 e. The first-order chi connectivity index (χ1) is 9.20. The zero-order valence-electron chi connectivity index (χ0n) is 12.2. The van der Waals surface area contributed by atoms with E-state index in [9.17, 15) is 4.79 Å². The zero-order valence-corrected chi connectivity index (χ0v) is 12.2. The topological polar surface area (TPSA) is 29.1 Å². The summed E-state index contributed by atoms with van der Waals surface area (Å²) < 4.78 is 0. The Hall–Kier alpha value is -1.83. The van der Waals surface area contributed by atoms with Crippen LogP contribution in [0.15, 0.2) is 42.5 Å². The van der Waals surface area contributed by atoms with Gasteiger partial charge in [-0.1, -0.05) is 51.1 Å². The van der Waals surface area contributed by atoms with E-state index in [4.69, 9.17) is 0 Å². The molecule has 0 aliphatic heterocycles. The molecule has 19 heavy (non-hydrogen) atoms. The molecule has 2 nitrogen and oxygen atoms in total. The van der Waals surface area contributed by atoms with Gasteiger partial charge in [-0.2, -0.15) is 0 Å². The first-order valence-corrected chi connectivity index (χ1v) is 7.00. The van der Waals surface area contributed by atoms with Crippen molar-refractivity contribution >= 4 is 16.7 Å². The van der Waals surface area contributed by atoms with Crippen LogP contribution in [-0.4, -0.2) is 11.9 Å². The molecule has 0 radical (unpaired) electrons. The molecule has 2 heteroatoms. The van der Waals surface area contributed by atoms with Crippen molar-refractivity contribution in [3.63, 3.8) is 0 Å². The van der Waals surface area contributed by atoms with Gasteiger partial charge in [0.25, 0.3) is 5.91 Å². The van der Waals surface area contributed by atoms with Crippen LogP contribution in [0.1, 0.15) is 44.5 Å². The van der Waals surface area contributed by atoms with Crippen molar-refractivity contribution in [2.24, 2.45) is 0 Å². The van der Waals surface area contributed by atoms with Crippen molar-refractivity contribution in [2.75, 3.05) is 0 Å². The van der Waals surface area contributed by atoms with Crippen LogP contribution in [0.4, 0.5) is 0 Å². The molecule has 2 aromatic rings. The summed E-state index contributed by atoms with van der Waals surface area (Å²) in [6.45, 7) is 8.07. The fourth-order valence-electron chi connectivity index (χ4n) is 1.74. The maximum atomic E-state index is 11.9. The minimum atomic E-state index is 0.00473. The summed E-state index contributed by atoms with van der Waals surface area (Å²) >= 11 is 0. The molecule has 0 saturated carbocycles. The van der Waals surface area contributed by atoms with E-state index in [0.717, 1.165) is 22.8 Å². The highest BCUT2D eigenvalue weighted by molar-refractivity contribution is 5.98. The molecular weight excluding hydrogens is 234 g/mol. The van der Waals surface area contributed by atoms with Crippen molar-refractivity contribution < 1.29 is 4.79 Å². The summed E-state index contributed by atoms with van der Waals surface area (Å²) in [5, 5.41) is 5.23. The number of hydrogen-bond donors (Lipinski definition) is 1. The molecule has 1 atom stereocenters. The van der Waals surface area contributed by atoms with Crippen LogP contribution in [0.25, 0.3) is 10.8 Å². The van der Waals surface area contributed by atoms with Crippen LogP contribution in [-0.2, 0) is 0 Å². The zero-order chi connectivity index (χ0) is 14.3. The molecule has 0 aliphatic carbocycles. The molecule has 0 bridgehead atoms. The third-order valence-electron chi connectivity index (χ3n) is 3.00. The summed E-state index contributed by atoms with van der Waals surface area (Å²) in [4.78, 5) is 11.9. The molecule has 1 amide bonds. The van der Waals surface area contributed by atoms with E-state index in [0.29, 0.717) is 0 Å². The number of carbonyl (C=O) groups is 1. The molecule has 2 rings (SSSR count). The number of hydrogen-bond acceptors (Lipinski definition) is 1. The minimum absolute atomic E-state index is 0.00473. The fraction of sp³-hybridized carbons (Fsp3) is 0.353. The maximum Gasteiger partial charge on any atom is 0.251 e. The molecule has 0 aromatic heterocycles. The number of nitrogens with one attached hydrogen (secondary N) is 1. The largest absolute Gasteiger partial charge is 0.350 e. The van der Waals surface area contributed by atoms with Crippen molar-refractivity contribution in [2.45, 2.75) is 40.2 Å². The third-order valence-corrected chi connectivity index (χ3v) is 3.00. The van der Waals surface area contributed by atoms with Crippen LogP contribution < -0.4 is 5.32 Å². The highest BCUT2D eigenvalue weighted by atomic mass is 16.1. The number of rotatable bonds is 3. The quantitative estimate of drug-likeness (QED) is 0.867. The highest BCUT2D eigenvalue weighted by Crippen LogP contribution is 2.15. The second-order valence-electron chi connectivity index (χ2n) is 4.34. The van der Waals surface area contributed by atoms with Gasteiger partial charge < -0.3 is 5.32 Å². The van der Waals surface area contributed by atoms with E-state index < -0.39 is 0 Å². The average molecular weight is 257 g/mol. The summed E-state index contributed by atoms with van der Waals surface area (Å²) in [6, 6.07) is 14.1. The Morgan fingerprint density at radius 1 is 1.11 bits per heavy atom. The molecule has 1 N–H and O–H groups in total. The highest BCUT2D eigenvalue weighted by Gasteiger charge is 2.08. The number of amides is 1. The lowest BCUT2D eigenvalue weighted by Crippen LogP contribution is -2.31. The fourth-order valence-corrected chi connectivity index (χ4v) is 1.74. The first-order valence-electron chi connectivity index (χ1n) is 7.00. The molecule has 0 fully saturated rings. The minimum Gasteiger partial charge on any atom is -0.350 e. The molecule has 2 aromatic carbocycles. The Kier molecular flexibility index (Phi) is 6.07. The van der Waals surface area contributed by atoms with Gasteiger partial charge in [0.2, 0.25) is 0 Å². The van der Waals surface area contributed by atoms with Crippen LogP contribution in [0.3, 0.4) is 0 Å². The van der Waals surface area contributed by atoms with Gasteiger partial charge in [0.15, 0.2) is 0 Å². The Balaban J connectivity index is 0.000000861. The molecule has 0 spiro atoms. The van der Waals surface area contributed by atoms with E-state index in [1.54, 1.807) is 0 Å². The van der Waals surface area contributed by atoms with Gasteiger partial charge in [0, 0.05) is 11.6 Å². The summed E-state index contributed by atoms with van der Waals surface area (Å²) in [5.41, 5.74) is 0.726. The number of fused-ring (bicyclic) bond motifs is 1. The number of carbonyl (C=O) groups excluding carboxylic acids is 1. The predicted octanol–water partition coefficient (Wildman–Crippen LogP) is 4.39. The molecule has 0 heterocycles. The van der Waals surface area contributed by atoms with Crippen LogP contribution >= 0.6 is 0 Å². The molecule has 0 saturated heterocycles. The SMILES string of the molecule is CC.CC[C@H](C)NC(=O)c1ccc2ccccc2c1. The van der Waals surface area contributed by atoms with Crippen molar-refractivity contribution in [3.05, 3.63) is 48.0 Å². The summed E-state index contributed by atoms with van der Waals surface area (Å²) in [6.07, 6.45) is 0.944. The van der Waals surface area contributed by atoms with Crippen molar-refractivity contribution in [1.82, 2.24) is 5.32 Å². The monoisotopic (exact) mass is 257 g/mol. The van der Waals surface area contributed by atoms with Crippen LogP contribution in [0.5, 0.6) is 0 Å². The van der Waals surface area contributed by atoms with Gasteiger partial charge in [-0.15, -0.1) is 0 Å². The predicted molar refractivity (Wildman–Crippen MR) is 82.5 cm³/mol. The van der Waals surface area contributed by atoms with Crippen LogP contribution in [0, 0.1) is 0 Å². The molecule has 102 valence electrons. The van der Waals surface area contributed by atoms with E-state index >= 15 is 0 Å². The summed E-state index contributed by atoms with van der Waals surface area (Å²) in [5.74, 6) is 0.00473. The second-order valence-corrected chi connectivity index (χ2v) is 4.34. The lowest BCUT2D eigenvalue weighted by Gasteiger charge is -2.11. The Morgan fingerprint density at radius 2 is 1.74 bits per heavy atom. The van der Waals surface area contributed by atoms with Gasteiger partial charge in [-0.25, -0.2) is 0 Å². The number of benzene rings is 2. The molecular formula is C17H23NO. The van der Waals surface area contributed by atoms with E-state index in [2.05, 4.69) is 12.2 Å². The van der Waals surface area contributed by atoms with Gasteiger partial charge in [0.05, 0.1) is 0 Å². The third kappa shape index (κ3) is 4.09. The van der Waals surface area contributed by atoms with Gasteiger partial charge >= 0.3 is 0 Å². The first kappa shape index (κ1) is 15.2. The Bertz CT molecular complexity index is 534. The Morgan fingerprint density at radius 3 is 2.37 bits per heavy atom. The van der Waals surface area contributed by atoms with Gasteiger partial charge in [-0.3, -0.25) is 4.79 Å². The lowest BCUT2D eigenvalue weighted by molar-refractivity contribution is 0.0939. The van der Waals surface area contributed by atoms with Gasteiger partial charge in [0.1, 0.15) is 0 Å². The lowest BCUT2D eigenvalue weighted by atomic mass is 10.1. The summed E-state index contributed by atoms with van der Waals surface area (Å²) in [7, 11) is 0. The van der Waals surface area contributed by atoms with E-state index in [-0.39, 0.29) is 11.9 Å². The molecule has 0 aliphatic rings. The maximum absolute atomic E-state index is 11.9. The van der Waals surface area contributed by atoms with E-state index in [1.165, 1.54) is 0 Å². The van der Waals surface area contributed by atoms with Gasteiger partial charge in [-0.05, 0) is 36.2 Å². The van der Waals surface area contributed by atoms with Crippen molar-refractivity contribution in [1.29, 1.82) is 0 Å². The second kappa shape index (κ2) is 7.57. The normalized spacial score (nSPS) is 11.4. The Labute approximate surface area is 115 Å². The van der Waals surface area contributed by atoms with Crippen molar-refractivity contribution in [3.8, 4) is 0 Å². The van der Waals surface area contributed by atoms with E-state index in [1.807, 2.05) is 63.2 Å². The van der Waals surface area contributed by atoms with Crippen LogP contribution in [0.2, 0.25) is 0 Å². The standard InChI is InChI=1S/C15H17NO.C2H6/c1-3-11(2)16-15(17)14-9-8-12-6-4-5-7-13(12)10-14;1-2/h4-11H,3H2,1-2H3,(H,16,17);1-2H3/t11-;/m0./s1. The average Bonchev–Trinajstić information content (AvgIpc) is 2.48. The molecule has 0 unspecified atom stereocenters.